The number of carboxylic acid groups (broad SMARTS) is 1. The Morgan fingerprint density at radius 1 is 1.92 bits per heavy atom. The number of nitrogens with zero attached hydrogens (tertiary/aromatic N) is 2. The molecule has 1 aromatic heterocycles. The van der Waals surface area contributed by atoms with E-state index >= 15 is 0 Å². The van der Waals surface area contributed by atoms with Crippen molar-refractivity contribution in [2.24, 2.45) is 0 Å². The minimum absolute atomic E-state index is 0.150. The van der Waals surface area contributed by atoms with E-state index in [1.165, 1.54) is 10.9 Å². The van der Waals surface area contributed by atoms with Gasteiger partial charge in [0.05, 0.1) is 10.7 Å². The lowest BCUT2D eigenvalue weighted by Gasteiger charge is -2.00. The largest absolute Gasteiger partial charge is 0.480 e. The summed E-state index contributed by atoms with van der Waals surface area (Å²) in [6.45, 7) is 0.150. The molecule has 0 bridgehead atoms. The highest BCUT2D eigenvalue weighted by Gasteiger charge is 2.32. The number of halogens is 1. The van der Waals surface area contributed by atoms with E-state index in [4.69, 9.17) is 9.84 Å². The minimum Gasteiger partial charge on any atom is -0.480 e. The highest BCUT2D eigenvalue weighted by Crippen LogP contribution is 2.32. The second-order valence-electron chi connectivity index (χ2n) is 2.41. The number of aromatic nitrogens is 2. The van der Waals surface area contributed by atoms with Gasteiger partial charge in [0.25, 0.3) is 0 Å². The van der Waals surface area contributed by atoms with Gasteiger partial charge in [-0.15, -0.1) is 0 Å². The molecule has 1 atom stereocenters. The first-order valence-electron chi connectivity index (χ1n) is 3.29. The van der Waals surface area contributed by atoms with Gasteiger partial charge in [-0.05, 0) is 15.9 Å². The molecule has 2 heterocycles. The van der Waals surface area contributed by atoms with Crippen LogP contribution in [0.2, 0.25) is 0 Å². The van der Waals surface area contributed by atoms with Crippen LogP contribution in [0.15, 0.2) is 10.7 Å². The summed E-state index contributed by atoms with van der Waals surface area (Å²) in [4.78, 5) is 10.6. The van der Waals surface area contributed by atoms with Crippen molar-refractivity contribution in [3.8, 4) is 5.88 Å². The van der Waals surface area contributed by atoms with Crippen LogP contribution in [0.5, 0.6) is 5.88 Å². The van der Waals surface area contributed by atoms with E-state index < -0.39 is 12.0 Å². The number of hydrogen-bond donors (Lipinski definition) is 1. The van der Waals surface area contributed by atoms with Crippen LogP contribution in [0.1, 0.15) is 6.04 Å². The molecule has 1 aliphatic heterocycles. The van der Waals surface area contributed by atoms with Gasteiger partial charge in [-0.25, -0.2) is 9.48 Å². The van der Waals surface area contributed by atoms with Crippen LogP contribution in [0.3, 0.4) is 0 Å². The van der Waals surface area contributed by atoms with Crippen LogP contribution in [0.25, 0.3) is 0 Å². The predicted molar refractivity (Wildman–Crippen MR) is 42.1 cm³/mol. The van der Waals surface area contributed by atoms with Crippen molar-refractivity contribution in [2.45, 2.75) is 6.04 Å². The maximum Gasteiger partial charge on any atom is 0.332 e. The molecule has 0 radical (unpaired) electrons. The van der Waals surface area contributed by atoms with E-state index in [9.17, 15) is 4.79 Å². The van der Waals surface area contributed by atoms with Gasteiger partial charge in [0.15, 0.2) is 6.04 Å². The van der Waals surface area contributed by atoms with Crippen molar-refractivity contribution >= 4 is 21.9 Å². The van der Waals surface area contributed by atoms with Gasteiger partial charge < -0.3 is 9.84 Å². The zero-order chi connectivity index (χ0) is 8.72. The molecule has 0 spiro atoms. The lowest BCUT2D eigenvalue weighted by Crippen LogP contribution is -2.18. The summed E-state index contributed by atoms with van der Waals surface area (Å²) in [6, 6.07) is -0.689. The standard InChI is InChI=1S/C6H5BrN2O3/c7-3-1-8-9-4(6(10)11)2-12-5(3)9/h1,4H,2H2,(H,10,11). The SMILES string of the molecule is O=C(O)C1COc2c(Br)cnn21. The Bertz CT molecular complexity index is 336. The van der Waals surface area contributed by atoms with Crippen LogP contribution in [0, 0.1) is 0 Å². The van der Waals surface area contributed by atoms with Gasteiger partial charge in [0, 0.05) is 0 Å². The first-order chi connectivity index (χ1) is 5.70. The van der Waals surface area contributed by atoms with E-state index in [0.29, 0.717) is 10.4 Å². The van der Waals surface area contributed by atoms with Crippen molar-refractivity contribution in [3.63, 3.8) is 0 Å². The van der Waals surface area contributed by atoms with E-state index in [1.54, 1.807) is 0 Å². The molecule has 1 unspecified atom stereocenters. The van der Waals surface area contributed by atoms with Crippen molar-refractivity contribution in [1.29, 1.82) is 0 Å². The summed E-state index contributed by atoms with van der Waals surface area (Å²) in [5, 5.41) is 12.6. The Morgan fingerprint density at radius 3 is 3.33 bits per heavy atom. The van der Waals surface area contributed by atoms with Crippen LogP contribution >= 0.6 is 15.9 Å². The maximum absolute atomic E-state index is 10.6. The minimum atomic E-state index is -0.927. The Hall–Kier alpha value is -1.04. The number of carbonyl (C=O) groups is 1. The van der Waals surface area contributed by atoms with Crippen LogP contribution in [0.4, 0.5) is 0 Å². The summed E-state index contributed by atoms with van der Waals surface area (Å²) < 4.78 is 7.16. The van der Waals surface area contributed by atoms with Gasteiger partial charge in [-0.3, -0.25) is 0 Å². The molecule has 1 N–H and O–H groups in total. The monoisotopic (exact) mass is 232 g/mol. The van der Waals surface area contributed by atoms with Crippen LogP contribution in [-0.2, 0) is 4.79 Å². The highest BCUT2D eigenvalue weighted by atomic mass is 79.9. The number of ether oxygens (including phenoxy) is 1. The molecule has 0 saturated heterocycles. The molecule has 2 rings (SSSR count). The van der Waals surface area contributed by atoms with Gasteiger partial charge in [-0.1, -0.05) is 0 Å². The van der Waals surface area contributed by atoms with Gasteiger partial charge in [0.1, 0.15) is 6.61 Å². The zero-order valence-electron chi connectivity index (χ0n) is 5.90. The first-order valence-corrected chi connectivity index (χ1v) is 4.08. The molecular formula is C6H5BrN2O3. The molecule has 5 nitrogen and oxygen atoms in total. The molecule has 6 heteroatoms. The fourth-order valence-corrected chi connectivity index (χ4v) is 1.48. The third-order valence-electron chi connectivity index (χ3n) is 1.67. The number of aliphatic carboxylic acids is 1. The van der Waals surface area contributed by atoms with Crippen molar-refractivity contribution in [2.75, 3.05) is 6.61 Å². The topological polar surface area (TPSA) is 64.3 Å². The quantitative estimate of drug-likeness (QED) is 0.773. The number of fused-ring (bicyclic) bond motifs is 1. The molecule has 12 heavy (non-hydrogen) atoms. The average Bonchev–Trinajstić information content (AvgIpc) is 2.53. The third-order valence-corrected chi connectivity index (χ3v) is 2.21. The van der Waals surface area contributed by atoms with Crippen molar-refractivity contribution in [1.82, 2.24) is 9.78 Å². The number of rotatable bonds is 1. The molecule has 0 amide bonds. The maximum atomic E-state index is 10.6. The van der Waals surface area contributed by atoms with Crippen LogP contribution < -0.4 is 4.74 Å². The summed E-state index contributed by atoms with van der Waals surface area (Å²) in [7, 11) is 0. The van der Waals surface area contributed by atoms with E-state index in [1.807, 2.05) is 0 Å². The molecule has 0 aromatic carbocycles. The third kappa shape index (κ3) is 0.911. The zero-order valence-corrected chi connectivity index (χ0v) is 7.48. The fourth-order valence-electron chi connectivity index (χ4n) is 1.09. The first kappa shape index (κ1) is 7.60. The summed E-state index contributed by atoms with van der Waals surface area (Å²) in [5.41, 5.74) is 0. The van der Waals surface area contributed by atoms with Gasteiger partial charge >= 0.3 is 5.97 Å². The van der Waals surface area contributed by atoms with Crippen LogP contribution in [-0.4, -0.2) is 27.5 Å². The second-order valence-corrected chi connectivity index (χ2v) is 3.26. The van der Waals surface area contributed by atoms with E-state index in [-0.39, 0.29) is 6.61 Å². The lowest BCUT2D eigenvalue weighted by molar-refractivity contribution is -0.141. The normalized spacial score (nSPS) is 20.2. The molecule has 0 saturated carbocycles. The fraction of sp³-hybridized carbons (Fsp3) is 0.333. The Kier molecular flexibility index (Phi) is 1.57. The molecule has 0 aliphatic carbocycles. The molecular weight excluding hydrogens is 228 g/mol. The Morgan fingerprint density at radius 2 is 2.67 bits per heavy atom. The Balaban J connectivity index is 2.43. The summed E-state index contributed by atoms with van der Waals surface area (Å²) in [6.07, 6.45) is 1.52. The van der Waals surface area contributed by atoms with E-state index in [0.717, 1.165) is 0 Å². The molecule has 1 aliphatic rings. The Labute approximate surface area is 76.1 Å². The van der Waals surface area contributed by atoms with E-state index in [2.05, 4.69) is 21.0 Å². The summed E-state index contributed by atoms with van der Waals surface area (Å²) >= 11 is 3.19. The molecule has 64 valence electrons. The van der Waals surface area contributed by atoms with Crippen molar-refractivity contribution in [3.05, 3.63) is 10.7 Å². The second kappa shape index (κ2) is 2.48. The van der Waals surface area contributed by atoms with Gasteiger partial charge in [-0.2, -0.15) is 5.10 Å². The highest BCUT2D eigenvalue weighted by molar-refractivity contribution is 9.10. The molecule has 1 aromatic rings. The van der Waals surface area contributed by atoms with Gasteiger partial charge in [0.2, 0.25) is 5.88 Å². The van der Waals surface area contributed by atoms with Crippen molar-refractivity contribution < 1.29 is 14.6 Å². The average molecular weight is 233 g/mol. The smallest absolute Gasteiger partial charge is 0.332 e. The molecule has 0 fully saturated rings. The lowest BCUT2D eigenvalue weighted by atomic mass is 10.3. The summed E-state index contributed by atoms with van der Waals surface area (Å²) in [5.74, 6) is -0.438. The predicted octanol–water partition coefficient (Wildman–Crippen LogP) is 0.664. The number of carboxylic acids is 1. The number of hydrogen-bond acceptors (Lipinski definition) is 3.